The SMILES string of the molecule is CC(C)[C@@H]1C[C@@H](NS(=O)(=O)c2ccc3c(c2)OCCO3)CCO1. The van der Waals surface area contributed by atoms with Crippen molar-refractivity contribution in [3.8, 4) is 11.5 Å². The first kappa shape index (κ1) is 16.5. The largest absolute Gasteiger partial charge is 0.486 e. The molecule has 1 aromatic carbocycles. The fourth-order valence-corrected chi connectivity index (χ4v) is 4.18. The number of ether oxygens (including phenoxy) is 3. The molecule has 0 amide bonds. The van der Waals surface area contributed by atoms with Crippen LogP contribution >= 0.6 is 0 Å². The zero-order valence-electron chi connectivity index (χ0n) is 13.4. The Kier molecular flexibility index (Phi) is 4.79. The van der Waals surface area contributed by atoms with Crippen molar-refractivity contribution in [2.75, 3.05) is 19.8 Å². The average Bonchev–Trinajstić information content (AvgIpc) is 2.54. The van der Waals surface area contributed by atoms with Crippen molar-refractivity contribution in [2.45, 2.75) is 43.7 Å². The lowest BCUT2D eigenvalue weighted by atomic mass is 9.96. The summed E-state index contributed by atoms with van der Waals surface area (Å²) < 4.78 is 44.6. The van der Waals surface area contributed by atoms with E-state index < -0.39 is 10.0 Å². The molecule has 0 saturated carbocycles. The standard InChI is InChI=1S/C16H23NO5S/c1-11(2)15-9-12(5-6-20-15)17-23(18,19)13-3-4-14-16(10-13)22-8-7-21-14/h3-4,10-12,15,17H,5-9H2,1-2H3/t12-,15-/m0/s1. The number of hydrogen-bond acceptors (Lipinski definition) is 5. The third-order valence-electron chi connectivity index (χ3n) is 4.20. The summed E-state index contributed by atoms with van der Waals surface area (Å²) in [6.07, 6.45) is 1.48. The number of sulfonamides is 1. The molecule has 0 aromatic heterocycles. The molecule has 2 atom stereocenters. The van der Waals surface area contributed by atoms with E-state index in [1.807, 2.05) is 0 Å². The summed E-state index contributed by atoms with van der Waals surface area (Å²) in [5, 5.41) is 0. The molecule has 2 aliphatic heterocycles. The minimum Gasteiger partial charge on any atom is -0.486 e. The second kappa shape index (κ2) is 6.67. The van der Waals surface area contributed by atoms with Crippen LogP contribution in [0.3, 0.4) is 0 Å². The predicted octanol–water partition coefficient (Wildman–Crippen LogP) is 1.94. The lowest BCUT2D eigenvalue weighted by molar-refractivity contribution is -0.0211. The fourth-order valence-electron chi connectivity index (χ4n) is 2.88. The van der Waals surface area contributed by atoms with Gasteiger partial charge in [-0.05, 0) is 30.9 Å². The third-order valence-corrected chi connectivity index (χ3v) is 5.72. The van der Waals surface area contributed by atoms with Gasteiger partial charge in [-0.15, -0.1) is 0 Å². The van der Waals surface area contributed by atoms with Crippen LogP contribution in [0.2, 0.25) is 0 Å². The highest BCUT2D eigenvalue weighted by Gasteiger charge is 2.29. The smallest absolute Gasteiger partial charge is 0.240 e. The Hall–Kier alpha value is -1.31. The molecule has 2 heterocycles. The first-order valence-corrected chi connectivity index (χ1v) is 9.47. The van der Waals surface area contributed by atoms with E-state index in [4.69, 9.17) is 14.2 Å². The molecule has 0 aliphatic carbocycles. The van der Waals surface area contributed by atoms with Gasteiger partial charge < -0.3 is 14.2 Å². The Morgan fingerprint density at radius 1 is 1.13 bits per heavy atom. The van der Waals surface area contributed by atoms with Gasteiger partial charge >= 0.3 is 0 Å². The van der Waals surface area contributed by atoms with Crippen LogP contribution in [0.4, 0.5) is 0 Å². The highest BCUT2D eigenvalue weighted by molar-refractivity contribution is 7.89. The van der Waals surface area contributed by atoms with E-state index in [1.54, 1.807) is 12.1 Å². The van der Waals surface area contributed by atoms with Crippen molar-refractivity contribution in [1.29, 1.82) is 0 Å². The van der Waals surface area contributed by atoms with Gasteiger partial charge in [-0.1, -0.05) is 13.8 Å². The molecular weight excluding hydrogens is 318 g/mol. The maximum absolute atomic E-state index is 12.6. The van der Waals surface area contributed by atoms with Crippen molar-refractivity contribution in [3.05, 3.63) is 18.2 Å². The monoisotopic (exact) mass is 341 g/mol. The van der Waals surface area contributed by atoms with Crippen LogP contribution < -0.4 is 14.2 Å². The van der Waals surface area contributed by atoms with Crippen LogP contribution in [0.25, 0.3) is 0 Å². The summed E-state index contributed by atoms with van der Waals surface area (Å²) in [4.78, 5) is 0.203. The predicted molar refractivity (Wildman–Crippen MR) is 85.4 cm³/mol. The van der Waals surface area contributed by atoms with Crippen molar-refractivity contribution in [1.82, 2.24) is 4.72 Å². The summed E-state index contributed by atoms with van der Waals surface area (Å²) in [6.45, 7) is 5.66. The Morgan fingerprint density at radius 2 is 1.87 bits per heavy atom. The van der Waals surface area contributed by atoms with Crippen LogP contribution in [-0.4, -0.2) is 40.4 Å². The Balaban J connectivity index is 1.74. The minimum absolute atomic E-state index is 0.0942. The summed E-state index contributed by atoms with van der Waals surface area (Å²) >= 11 is 0. The molecule has 0 bridgehead atoms. The number of rotatable bonds is 4. The maximum atomic E-state index is 12.6. The summed E-state index contributed by atoms with van der Waals surface area (Å²) in [5.41, 5.74) is 0. The average molecular weight is 341 g/mol. The Morgan fingerprint density at radius 3 is 2.61 bits per heavy atom. The van der Waals surface area contributed by atoms with E-state index in [9.17, 15) is 8.42 Å². The Bertz CT molecular complexity index is 658. The highest BCUT2D eigenvalue weighted by atomic mass is 32.2. The molecule has 0 unspecified atom stereocenters. The van der Waals surface area contributed by atoms with Crippen molar-refractivity contribution < 1.29 is 22.6 Å². The molecule has 23 heavy (non-hydrogen) atoms. The molecule has 3 rings (SSSR count). The molecule has 1 aromatic rings. The van der Waals surface area contributed by atoms with Crippen LogP contribution in [0, 0.1) is 5.92 Å². The van der Waals surface area contributed by atoms with E-state index in [0.717, 1.165) is 0 Å². The van der Waals surface area contributed by atoms with E-state index in [-0.39, 0.29) is 17.0 Å². The molecular formula is C16H23NO5S. The molecule has 7 heteroatoms. The Labute approximate surface area is 137 Å². The molecule has 0 spiro atoms. The maximum Gasteiger partial charge on any atom is 0.240 e. The summed E-state index contributed by atoms with van der Waals surface area (Å²) in [5.74, 6) is 1.43. The summed E-state index contributed by atoms with van der Waals surface area (Å²) in [6, 6.07) is 4.61. The van der Waals surface area contributed by atoms with Crippen LogP contribution in [0.5, 0.6) is 11.5 Å². The molecule has 1 fully saturated rings. The highest BCUT2D eigenvalue weighted by Crippen LogP contribution is 2.32. The molecule has 6 nitrogen and oxygen atoms in total. The molecule has 0 radical (unpaired) electrons. The van der Waals surface area contributed by atoms with Gasteiger partial charge in [0.2, 0.25) is 10.0 Å². The van der Waals surface area contributed by atoms with E-state index in [0.29, 0.717) is 50.1 Å². The van der Waals surface area contributed by atoms with Gasteiger partial charge in [0, 0.05) is 18.7 Å². The third kappa shape index (κ3) is 3.79. The van der Waals surface area contributed by atoms with Gasteiger partial charge in [-0.3, -0.25) is 0 Å². The molecule has 1 saturated heterocycles. The fraction of sp³-hybridized carbons (Fsp3) is 0.625. The summed E-state index contributed by atoms with van der Waals surface area (Å²) in [7, 11) is -3.58. The second-order valence-electron chi connectivity index (χ2n) is 6.30. The van der Waals surface area contributed by atoms with Crippen molar-refractivity contribution >= 4 is 10.0 Å². The zero-order valence-corrected chi connectivity index (χ0v) is 14.3. The van der Waals surface area contributed by atoms with E-state index >= 15 is 0 Å². The van der Waals surface area contributed by atoms with Crippen LogP contribution in [0.15, 0.2) is 23.1 Å². The topological polar surface area (TPSA) is 73.9 Å². The van der Waals surface area contributed by atoms with Crippen molar-refractivity contribution in [2.24, 2.45) is 5.92 Å². The van der Waals surface area contributed by atoms with Gasteiger partial charge in [0.25, 0.3) is 0 Å². The quantitative estimate of drug-likeness (QED) is 0.906. The number of nitrogens with one attached hydrogen (secondary N) is 1. The van der Waals surface area contributed by atoms with Gasteiger partial charge in [0.15, 0.2) is 11.5 Å². The van der Waals surface area contributed by atoms with Gasteiger partial charge in [0.1, 0.15) is 13.2 Å². The van der Waals surface area contributed by atoms with Crippen LogP contribution in [-0.2, 0) is 14.8 Å². The number of hydrogen-bond donors (Lipinski definition) is 1. The normalized spacial score (nSPS) is 24.7. The lowest BCUT2D eigenvalue weighted by Gasteiger charge is -2.32. The lowest BCUT2D eigenvalue weighted by Crippen LogP contribution is -2.43. The number of benzene rings is 1. The molecule has 2 aliphatic rings. The van der Waals surface area contributed by atoms with E-state index in [1.165, 1.54) is 6.07 Å². The number of fused-ring (bicyclic) bond motifs is 1. The first-order valence-electron chi connectivity index (χ1n) is 7.99. The zero-order chi connectivity index (χ0) is 16.4. The van der Waals surface area contributed by atoms with Crippen molar-refractivity contribution in [3.63, 3.8) is 0 Å². The molecule has 1 N–H and O–H groups in total. The van der Waals surface area contributed by atoms with Gasteiger partial charge in [-0.25, -0.2) is 13.1 Å². The minimum atomic E-state index is -3.58. The molecule has 128 valence electrons. The first-order chi connectivity index (χ1) is 11.0. The van der Waals surface area contributed by atoms with Crippen LogP contribution in [0.1, 0.15) is 26.7 Å². The van der Waals surface area contributed by atoms with Gasteiger partial charge in [0.05, 0.1) is 11.0 Å². The van der Waals surface area contributed by atoms with Gasteiger partial charge in [-0.2, -0.15) is 0 Å². The second-order valence-corrected chi connectivity index (χ2v) is 8.02. The van der Waals surface area contributed by atoms with E-state index in [2.05, 4.69) is 18.6 Å².